The van der Waals surface area contributed by atoms with E-state index in [1.165, 1.54) is 42.7 Å². The van der Waals surface area contributed by atoms with Gasteiger partial charge in [0.05, 0.1) is 67.8 Å². The molecule has 1 unspecified atom stereocenters. The van der Waals surface area contributed by atoms with Crippen LogP contribution in [0.4, 0.5) is 17.1 Å². The average molecular weight is 862 g/mol. The van der Waals surface area contributed by atoms with Gasteiger partial charge in [-0.1, -0.05) is 121 Å². The van der Waals surface area contributed by atoms with Gasteiger partial charge in [0.15, 0.2) is 0 Å². The Morgan fingerprint density at radius 3 is 1.74 bits per heavy atom. The summed E-state index contributed by atoms with van der Waals surface area (Å²) in [5.74, 6) is 1.62. The van der Waals surface area contributed by atoms with Gasteiger partial charge in [0, 0.05) is 59.9 Å². The third-order valence-corrected chi connectivity index (χ3v) is 15.2. The predicted octanol–water partition coefficient (Wildman–Crippen LogP) is 15.1. The maximum absolute atomic E-state index is 7.07. The van der Waals surface area contributed by atoms with Crippen molar-refractivity contribution in [1.29, 1.82) is 0 Å². The summed E-state index contributed by atoms with van der Waals surface area (Å²) < 4.78 is 11.9. The minimum atomic E-state index is -0.849. The van der Waals surface area contributed by atoms with Crippen LogP contribution >= 0.6 is 11.8 Å². The van der Waals surface area contributed by atoms with Gasteiger partial charge in [0.25, 0.3) is 0 Å². The largest absolute Gasteiger partial charge is 0.457 e. The Hall–Kier alpha value is -8.39. The molecule has 0 amide bonds. The number of rotatable bonds is 3. The first-order valence-electron chi connectivity index (χ1n) is 22.3. The lowest BCUT2D eigenvalue weighted by Gasteiger charge is -2.40. The molecule has 0 bridgehead atoms. The van der Waals surface area contributed by atoms with E-state index in [0.717, 1.165) is 84.3 Å². The van der Waals surface area contributed by atoms with E-state index >= 15 is 0 Å². The lowest BCUT2D eigenvalue weighted by molar-refractivity contribution is 0.435. The molecular weight excluding hydrogens is 827 g/mol. The van der Waals surface area contributed by atoms with Gasteiger partial charge in [-0.3, -0.25) is 9.97 Å². The third-order valence-electron chi connectivity index (χ3n) is 14.0. The Morgan fingerprint density at radius 2 is 0.985 bits per heavy atom. The number of fused-ring (bicyclic) bond motifs is 17. The molecule has 1 spiro atoms. The van der Waals surface area contributed by atoms with E-state index in [9.17, 15) is 0 Å². The molecule has 1 atom stereocenters. The van der Waals surface area contributed by atoms with Crippen LogP contribution < -0.4 is 9.64 Å². The summed E-state index contributed by atoms with van der Waals surface area (Å²) in [4.78, 5) is 15.4. The van der Waals surface area contributed by atoms with Crippen LogP contribution in [0.25, 0.3) is 66.4 Å². The number of benzene rings is 8. The van der Waals surface area contributed by atoms with E-state index in [0.29, 0.717) is 0 Å². The minimum Gasteiger partial charge on any atom is -0.457 e. The van der Waals surface area contributed by atoms with Gasteiger partial charge >= 0.3 is 0 Å². The predicted molar refractivity (Wildman–Crippen MR) is 267 cm³/mol. The normalized spacial score (nSPS) is 15.4. The number of hydrogen-bond acceptors (Lipinski definition) is 5. The molecule has 15 rings (SSSR count). The first-order chi connectivity index (χ1) is 32.8. The summed E-state index contributed by atoms with van der Waals surface area (Å²) in [7, 11) is 0. The van der Waals surface area contributed by atoms with E-state index < -0.39 is 5.41 Å². The topological polar surface area (TPSA) is 48.1 Å². The van der Waals surface area contributed by atoms with E-state index in [4.69, 9.17) is 14.7 Å². The minimum absolute atomic E-state index is 0.803. The van der Waals surface area contributed by atoms with Crippen molar-refractivity contribution in [3.05, 3.63) is 235 Å². The van der Waals surface area contributed by atoms with Gasteiger partial charge in [0.1, 0.15) is 11.5 Å². The summed E-state index contributed by atoms with van der Waals surface area (Å²) in [6.07, 6.45) is 3.92. The van der Waals surface area contributed by atoms with Crippen LogP contribution in [0.1, 0.15) is 22.3 Å². The van der Waals surface area contributed by atoms with Crippen LogP contribution in [0.3, 0.4) is 0 Å². The Kier molecular flexibility index (Phi) is 7.27. The van der Waals surface area contributed by atoms with Crippen molar-refractivity contribution >= 4 is 72.4 Å². The summed E-state index contributed by atoms with van der Waals surface area (Å²) >= 11 is 1.83. The van der Waals surface area contributed by atoms with Crippen molar-refractivity contribution in [3.63, 3.8) is 0 Å². The second-order valence-corrected chi connectivity index (χ2v) is 18.4. The molecule has 0 fully saturated rings. The van der Waals surface area contributed by atoms with Crippen molar-refractivity contribution in [2.45, 2.75) is 15.2 Å². The zero-order valence-electron chi connectivity index (χ0n) is 35.3. The van der Waals surface area contributed by atoms with E-state index in [-0.39, 0.29) is 0 Å². The number of nitrogens with zero attached hydrogens (tertiary/aromatic N) is 5. The molecule has 308 valence electrons. The van der Waals surface area contributed by atoms with E-state index in [1.807, 2.05) is 24.2 Å². The summed E-state index contributed by atoms with van der Waals surface area (Å²) in [5.41, 5.74) is 15.2. The zero-order valence-corrected chi connectivity index (χ0v) is 36.1. The molecule has 0 saturated carbocycles. The van der Waals surface area contributed by atoms with Crippen LogP contribution in [-0.4, -0.2) is 19.1 Å². The Labute approximate surface area is 383 Å². The summed E-state index contributed by atoms with van der Waals surface area (Å²) in [6, 6.07) is 72.3. The van der Waals surface area contributed by atoms with Crippen molar-refractivity contribution in [1.82, 2.24) is 19.1 Å². The molecular formula is C59H35N5OS. The molecule has 8 aromatic carbocycles. The highest BCUT2D eigenvalue weighted by Gasteiger charge is 2.54. The number of ether oxygens (including phenoxy) is 1. The van der Waals surface area contributed by atoms with Crippen molar-refractivity contribution in [3.8, 4) is 34.3 Å². The summed E-state index contributed by atoms with van der Waals surface area (Å²) in [5, 5.41) is 4.76. The SMILES string of the molecule is c1ccc2c(c1)Oc1cccc(-n3c4ccccc4c4cc(N5c6ccccc6Sc6ccccc65)ccc43)c1C21c2cccnc2-c2ncc(-n3c4ccccc4c4ccccc43)cc21. The first kappa shape index (κ1) is 36.0. The van der Waals surface area contributed by atoms with Crippen molar-refractivity contribution in [2.24, 2.45) is 0 Å². The standard InChI is InChI=1S/C59H35N5OS/c1-5-20-45-38(15-1)39-16-2-6-21-46(39)63(45)37-34-44-58(61-35-37)57-43(19-14-32-60-57)59(44)42-18-4-10-26-52(42)65-53-27-13-25-51(56(53)59)64-47-22-7-3-17-40(47)41-33-36(30-31-48(41)64)62-49-23-8-11-28-54(49)66-55-29-12-9-24-50(55)62/h1-35H. The molecule has 7 heteroatoms. The van der Waals surface area contributed by atoms with Crippen LogP contribution in [0.2, 0.25) is 0 Å². The highest BCUT2D eigenvalue weighted by molar-refractivity contribution is 7.99. The number of anilines is 3. The number of pyridine rings is 2. The molecule has 1 aliphatic carbocycles. The van der Waals surface area contributed by atoms with Gasteiger partial charge in [-0.15, -0.1) is 0 Å². The highest BCUT2D eigenvalue weighted by Crippen LogP contribution is 2.63. The molecule has 4 aromatic heterocycles. The fourth-order valence-corrected chi connectivity index (χ4v) is 12.5. The molecule has 6 heterocycles. The Morgan fingerprint density at radius 1 is 0.409 bits per heavy atom. The van der Waals surface area contributed by atoms with Crippen LogP contribution in [0.15, 0.2) is 222 Å². The van der Waals surface area contributed by atoms with Gasteiger partial charge in [-0.25, -0.2) is 0 Å². The molecule has 0 saturated heterocycles. The number of hydrogen-bond donors (Lipinski definition) is 0. The fraction of sp³-hybridized carbons (Fsp3) is 0.0169. The lowest BCUT2D eigenvalue weighted by atomic mass is 9.65. The molecule has 66 heavy (non-hydrogen) atoms. The molecule has 6 nitrogen and oxygen atoms in total. The third kappa shape index (κ3) is 4.66. The number of para-hydroxylation sites is 6. The second kappa shape index (κ2) is 13.3. The van der Waals surface area contributed by atoms with E-state index in [1.54, 1.807) is 0 Å². The fourth-order valence-electron chi connectivity index (χ4n) is 11.5. The van der Waals surface area contributed by atoms with E-state index in [2.05, 4.69) is 214 Å². The Balaban J connectivity index is 1.02. The Bertz CT molecular complexity index is 3960. The molecule has 12 aromatic rings. The highest BCUT2D eigenvalue weighted by atomic mass is 32.2. The lowest BCUT2D eigenvalue weighted by Crippen LogP contribution is -2.33. The van der Waals surface area contributed by atoms with Crippen LogP contribution in [0, 0.1) is 0 Å². The molecule has 2 aliphatic heterocycles. The average Bonchev–Trinajstić information content (AvgIpc) is 3.99. The van der Waals surface area contributed by atoms with Crippen LogP contribution in [0.5, 0.6) is 11.5 Å². The first-order valence-corrected chi connectivity index (χ1v) is 23.1. The van der Waals surface area contributed by atoms with Gasteiger partial charge in [-0.05, 0) is 96.6 Å². The monoisotopic (exact) mass is 861 g/mol. The second-order valence-electron chi connectivity index (χ2n) is 17.3. The molecule has 3 aliphatic rings. The zero-order chi connectivity index (χ0) is 43.1. The maximum Gasteiger partial charge on any atom is 0.134 e. The smallest absolute Gasteiger partial charge is 0.134 e. The van der Waals surface area contributed by atoms with Gasteiger partial charge in [-0.2, -0.15) is 0 Å². The summed E-state index contributed by atoms with van der Waals surface area (Å²) in [6.45, 7) is 0. The molecule has 0 N–H and O–H groups in total. The van der Waals surface area contributed by atoms with Gasteiger partial charge < -0.3 is 18.8 Å². The molecule has 0 radical (unpaired) electrons. The van der Waals surface area contributed by atoms with Crippen molar-refractivity contribution < 1.29 is 4.74 Å². The van der Waals surface area contributed by atoms with Gasteiger partial charge in [0.2, 0.25) is 0 Å². The van der Waals surface area contributed by atoms with Crippen molar-refractivity contribution in [2.75, 3.05) is 4.90 Å². The number of aromatic nitrogens is 4. The van der Waals surface area contributed by atoms with Crippen LogP contribution in [-0.2, 0) is 5.41 Å². The quantitative estimate of drug-likeness (QED) is 0.177. The maximum atomic E-state index is 7.07.